The quantitative estimate of drug-likeness (QED) is 0.559. The minimum atomic E-state index is -0.250. The van der Waals surface area contributed by atoms with E-state index in [4.69, 9.17) is 4.42 Å². The van der Waals surface area contributed by atoms with Gasteiger partial charge < -0.3 is 14.7 Å². The Hall–Kier alpha value is -2.92. The Morgan fingerprint density at radius 2 is 1.78 bits per heavy atom. The predicted molar refractivity (Wildman–Crippen MR) is 108 cm³/mol. The molecule has 0 amide bonds. The first-order valence-corrected chi connectivity index (χ1v) is 9.12. The van der Waals surface area contributed by atoms with E-state index >= 15 is 0 Å². The zero-order chi connectivity index (χ0) is 19.0. The van der Waals surface area contributed by atoms with Gasteiger partial charge in [0.15, 0.2) is 0 Å². The summed E-state index contributed by atoms with van der Waals surface area (Å²) in [6.45, 7) is 7.05. The molecule has 0 bridgehead atoms. The van der Waals surface area contributed by atoms with Crippen molar-refractivity contribution in [2.45, 2.75) is 33.4 Å². The maximum Gasteiger partial charge on any atom is 0.294 e. The normalized spacial score (nSPS) is 13.3. The fraction of sp³-hybridized carbons (Fsp3) is 0.273. The summed E-state index contributed by atoms with van der Waals surface area (Å²) in [5.41, 5.74) is 2.52. The number of rotatable bonds is 4. The Balaban J connectivity index is 1.68. The summed E-state index contributed by atoms with van der Waals surface area (Å²) >= 11 is 0. The van der Waals surface area contributed by atoms with Gasteiger partial charge in [-0.15, -0.1) is 0 Å². The van der Waals surface area contributed by atoms with Crippen LogP contribution in [0.4, 0.5) is 0 Å². The maximum absolute atomic E-state index is 12.5. The number of aromatic amines is 1. The van der Waals surface area contributed by atoms with Crippen LogP contribution in [0.5, 0.6) is 0 Å². The molecule has 0 aliphatic rings. The van der Waals surface area contributed by atoms with Crippen molar-refractivity contribution in [2.24, 2.45) is 5.41 Å². The van der Waals surface area contributed by atoms with E-state index in [1.54, 1.807) is 0 Å². The second kappa shape index (κ2) is 6.67. The summed E-state index contributed by atoms with van der Waals surface area (Å²) in [5.74, 6) is 0.601. The van der Waals surface area contributed by atoms with Gasteiger partial charge in [0.2, 0.25) is 5.58 Å². The van der Waals surface area contributed by atoms with Crippen molar-refractivity contribution in [1.29, 1.82) is 0 Å². The summed E-state index contributed by atoms with van der Waals surface area (Å²) < 4.78 is 5.66. The van der Waals surface area contributed by atoms with Gasteiger partial charge in [-0.3, -0.25) is 4.79 Å². The highest BCUT2D eigenvalue weighted by Crippen LogP contribution is 2.33. The van der Waals surface area contributed by atoms with Crippen LogP contribution in [0.1, 0.15) is 38.2 Å². The zero-order valence-corrected chi connectivity index (χ0v) is 15.7. The molecule has 4 aromatic rings. The first-order valence-electron chi connectivity index (χ1n) is 9.12. The lowest BCUT2D eigenvalue weighted by atomic mass is 9.82. The molecule has 0 saturated carbocycles. The molecule has 0 aliphatic carbocycles. The molecule has 2 heterocycles. The van der Waals surface area contributed by atoms with E-state index < -0.39 is 0 Å². The van der Waals surface area contributed by atoms with E-state index in [0.29, 0.717) is 23.5 Å². The molecule has 2 aromatic carbocycles. The van der Waals surface area contributed by atoms with Crippen molar-refractivity contribution in [3.05, 3.63) is 76.3 Å². The number of nitrogens with one attached hydrogen (secondary N) is 2. The third-order valence-electron chi connectivity index (χ3n) is 4.75. The predicted octanol–water partition coefficient (Wildman–Crippen LogP) is 4.55. The van der Waals surface area contributed by atoms with E-state index in [9.17, 15) is 4.79 Å². The third-order valence-corrected chi connectivity index (χ3v) is 4.75. The summed E-state index contributed by atoms with van der Waals surface area (Å²) in [6, 6.07) is 18.0. The van der Waals surface area contributed by atoms with Crippen molar-refractivity contribution in [2.75, 3.05) is 0 Å². The molecule has 138 valence electrons. The van der Waals surface area contributed by atoms with E-state index in [1.807, 2.05) is 42.5 Å². The number of hydrogen-bond acceptors (Lipinski definition) is 4. The molecule has 2 N–H and O–H groups in total. The highest BCUT2D eigenvalue weighted by Gasteiger charge is 2.26. The molecule has 5 heteroatoms. The first-order chi connectivity index (χ1) is 12.9. The molecular weight excluding hydrogens is 338 g/mol. The van der Waals surface area contributed by atoms with Gasteiger partial charge >= 0.3 is 0 Å². The summed E-state index contributed by atoms with van der Waals surface area (Å²) in [6.07, 6.45) is 0. The number of para-hydroxylation sites is 1. The van der Waals surface area contributed by atoms with Crippen LogP contribution < -0.4 is 10.9 Å². The first kappa shape index (κ1) is 17.5. The molecule has 0 saturated heterocycles. The van der Waals surface area contributed by atoms with Crippen molar-refractivity contribution < 1.29 is 4.42 Å². The van der Waals surface area contributed by atoms with Crippen LogP contribution in [-0.4, -0.2) is 9.97 Å². The molecule has 2 aromatic heterocycles. The van der Waals surface area contributed by atoms with Gasteiger partial charge in [0.25, 0.3) is 5.56 Å². The minimum Gasteiger partial charge on any atom is -0.449 e. The second-order valence-corrected chi connectivity index (χ2v) is 7.88. The van der Waals surface area contributed by atoms with Gasteiger partial charge in [-0.25, -0.2) is 4.98 Å². The zero-order valence-electron chi connectivity index (χ0n) is 15.7. The molecule has 1 atom stereocenters. The molecule has 4 rings (SSSR count). The minimum absolute atomic E-state index is 0.00802. The fourth-order valence-electron chi connectivity index (χ4n) is 3.50. The number of fused-ring (bicyclic) bond motifs is 3. The molecule has 0 aliphatic heterocycles. The van der Waals surface area contributed by atoms with E-state index in [-0.39, 0.29) is 22.6 Å². The number of furan rings is 1. The Kier molecular flexibility index (Phi) is 4.32. The number of nitrogens with zero attached hydrogens (tertiary/aromatic N) is 1. The summed E-state index contributed by atoms with van der Waals surface area (Å²) in [5, 5.41) is 4.42. The Bertz CT molecular complexity index is 1140. The summed E-state index contributed by atoms with van der Waals surface area (Å²) in [7, 11) is 0. The van der Waals surface area contributed by atoms with Gasteiger partial charge in [-0.05, 0) is 23.1 Å². The Morgan fingerprint density at radius 3 is 2.52 bits per heavy atom. The highest BCUT2D eigenvalue weighted by atomic mass is 16.3. The smallest absolute Gasteiger partial charge is 0.294 e. The Morgan fingerprint density at radius 1 is 1.07 bits per heavy atom. The monoisotopic (exact) mass is 361 g/mol. The van der Waals surface area contributed by atoms with Gasteiger partial charge in [0, 0.05) is 11.4 Å². The average molecular weight is 361 g/mol. The van der Waals surface area contributed by atoms with Crippen molar-refractivity contribution in [1.82, 2.24) is 15.3 Å². The van der Waals surface area contributed by atoms with Crippen molar-refractivity contribution in [3.63, 3.8) is 0 Å². The summed E-state index contributed by atoms with van der Waals surface area (Å²) in [4.78, 5) is 20.0. The van der Waals surface area contributed by atoms with Crippen LogP contribution in [0.3, 0.4) is 0 Å². The number of aromatic nitrogens is 2. The van der Waals surface area contributed by atoms with Crippen LogP contribution >= 0.6 is 0 Å². The van der Waals surface area contributed by atoms with Crippen LogP contribution in [0.25, 0.3) is 22.1 Å². The van der Waals surface area contributed by atoms with Gasteiger partial charge in [-0.1, -0.05) is 63.2 Å². The lowest BCUT2D eigenvalue weighted by Gasteiger charge is -2.32. The van der Waals surface area contributed by atoms with Gasteiger partial charge in [-0.2, -0.15) is 0 Å². The number of benzene rings is 2. The van der Waals surface area contributed by atoms with Crippen molar-refractivity contribution in [3.8, 4) is 0 Å². The molecule has 1 unspecified atom stereocenters. The maximum atomic E-state index is 12.5. The average Bonchev–Trinajstić information content (AvgIpc) is 3.01. The van der Waals surface area contributed by atoms with Crippen LogP contribution in [0.15, 0.2) is 63.8 Å². The Labute approximate surface area is 157 Å². The SMILES string of the molecule is CC(C)(C)C(NCc1nc2c(oc3ccccc32)c(=O)[nH]1)c1ccccc1. The molecule has 0 spiro atoms. The number of hydrogen-bond donors (Lipinski definition) is 2. The van der Waals surface area contributed by atoms with Crippen LogP contribution in [0.2, 0.25) is 0 Å². The van der Waals surface area contributed by atoms with Gasteiger partial charge in [0.1, 0.15) is 16.9 Å². The highest BCUT2D eigenvalue weighted by molar-refractivity contribution is 6.01. The molecule has 5 nitrogen and oxygen atoms in total. The molecule has 0 fully saturated rings. The van der Waals surface area contributed by atoms with Crippen molar-refractivity contribution >= 4 is 22.1 Å². The van der Waals surface area contributed by atoms with E-state index in [2.05, 4.69) is 48.2 Å². The van der Waals surface area contributed by atoms with E-state index in [0.717, 1.165) is 5.39 Å². The van der Waals surface area contributed by atoms with E-state index in [1.165, 1.54) is 5.56 Å². The topological polar surface area (TPSA) is 70.9 Å². The molecule has 0 radical (unpaired) electrons. The lowest BCUT2D eigenvalue weighted by Crippen LogP contribution is -2.33. The van der Waals surface area contributed by atoms with Crippen LogP contribution in [0, 0.1) is 5.41 Å². The fourth-order valence-corrected chi connectivity index (χ4v) is 3.50. The standard InChI is InChI=1S/C22H23N3O2/c1-22(2,3)20(14-9-5-4-6-10-14)23-13-17-24-18-15-11-7-8-12-16(15)27-19(18)21(26)25-17/h4-12,20,23H,13H2,1-3H3,(H,24,25,26). The third kappa shape index (κ3) is 3.38. The van der Waals surface area contributed by atoms with Gasteiger partial charge in [0.05, 0.1) is 6.54 Å². The van der Waals surface area contributed by atoms with Crippen LogP contribution in [-0.2, 0) is 6.54 Å². The molecular formula is C22H23N3O2. The second-order valence-electron chi connectivity index (χ2n) is 7.88. The molecule has 27 heavy (non-hydrogen) atoms. The lowest BCUT2D eigenvalue weighted by molar-refractivity contribution is 0.269. The largest absolute Gasteiger partial charge is 0.449 e. The number of H-pyrrole nitrogens is 1.